The molecule has 0 aliphatic carbocycles. The number of rotatable bonds is 10. The van der Waals surface area contributed by atoms with Gasteiger partial charge in [0.25, 0.3) is 11.7 Å². The number of nitrogens with zero attached hydrogens (tertiary/aromatic N) is 2. The lowest BCUT2D eigenvalue weighted by atomic mass is 10.2. The fourth-order valence-corrected chi connectivity index (χ4v) is 5.68. The lowest BCUT2D eigenvalue weighted by Crippen LogP contribution is -2.49. The minimum atomic E-state index is -3.45. The maximum atomic E-state index is 12.7. The summed E-state index contributed by atoms with van der Waals surface area (Å²) in [5.74, 6) is -2.45. The molecule has 1 aliphatic rings. The van der Waals surface area contributed by atoms with Crippen LogP contribution in [0, 0.1) is 0 Å². The van der Waals surface area contributed by atoms with Crippen LogP contribution in [0.1, 0.15) is 16.8 Å². The second-order valence-electron chi connectivity index (χ2n) is 7.38. The van der Waals surface area contributed by atoms with E-state index in [1.165, 1.54) is 16.4 Å². The highest BCUT2D eigenvalue weighted by Gasteiger charge is 2.26. The monoisotopic (exact) mass is 499 g/mol. The topological polar surface area (TPSA) is 79.0 Å². The van der Waals surface area contributed by atoms with Gasteiger partial charge in [0.15, 0.2) is 0 Å². The van der Waals surface area contributed by atoms with Gasteiger partial charge in [0, 0.05) is 43.3 Å². The van der Waals surface area contributed by atoms with Gasteiger partial charge >= 0.3 is 0 Å². The Hall–Kier alpha value is -2.37. The number of piperazine rings is 1. The van der Waals surface area contributed by atoms with Crippen LogP contribution < -0.4 is 15.0 Å². The van der Waals surface area contributed by atoms with Crippen molar-refractivity contribution in [3.63, 3.8) is 0 Å². The third-order valence-corrected chi connectivity index (χ3v) is 8.03. The molecule has 0 atom stereocenters. The zero-order chi connectivity index (χ0) is 23.8. The van der Waals surface area contributed by atoms with Gasteiger partial charge in [-0.1, -0.05) is 23.9 Å². The lowest BCUT2D eigenvalue weighted by Gasteiger charge is -2.35. The number of anilines is 1. The summed E-state index contributed by atoms with van der Waals surface area (Å²) in [6.45, 7) is 2.08. The number of carbonyl (C=O) groups excluding carboxylic acids is 1. The predicted octanol–water partition coefficient (Wildman–Crippen LogP) is 3.28. The maximum Gasteiger partial charge on any atom is 0.288 e. The zero-order valence-electron chi connectivity index (χ0n) is 18.2. The summed E-state index contributed by atoms with van der Waals surface area (Å²) >= 11 is 0.309. The third-order valence-electron chi connectivity index (χ3n) is 5.28. The number of ether oxygens (including phenoxy) is 1. The highest BCUT2D eigenvalue weighted by molar-refractivity contribution is 7.99. The Labute approximate surface area is 197 Å². The second kappa shape index (κ2) is 11.7. The molecule has 7 nitrogen and oxygen atoms in total. The third kappa shape index (κ3) is 7.05. The van der Waals surface area contributed by atoms with Crippen LogP contribution in [0.15, 0.2) is 53.4 Å². The van der Waals surface area contributed by atoms with Crippen molar-refractivity contribution in [2.24, 2.45) is 0 Å². The summed E-state index contributed by atoms with van der Waals surface area (Å²) in [5.41, 5.74) is 1.17. The van der Waals surface area contributed by atoms with E-state index in [0.29, 0.717) is 37.9 Å². The molecule has 1 saturated heterocycles. The highest BCUT2D eigenvalue weighted by Crippen LogP contribution is 2.28. The van der Waals surface area contributed by atoms with E-state index in [2.05, 4.69) is 10.2 Å². The number of nitrogens with one attached hydrogen (secondary N) is 1. The van der Waals surface area contributed by atoms with Crippen LogP contribution in [0.5, 0.6) is 5.75 Å². The van der Waals surface area contributed by atoms with Crippen LogP contribution in [0.2, 0.25) is 0 Å². The molecule has 11 heteroatoms. The summed E-state index contributed by atoms with van der Waals surface area (Å²) < 4.78 is 57.4. The van der Waals surface area contributed by atoms with Crippen molar-refractivity contribution in [1.29, 1.82) is 0 Å². The van der Waals surface area contributed by atoms with Crippen molar-refractivity contribution < 1.29 is 26.7 Å². The molecule has 1 amide bonds. The van der Waals surface area contributed by atoms with Crippen molar-refractivity contribution in [3.8, 4) is 5.75 Å². The van der Waals surface area contributed by atoms with Gasteiger partial charge in [-0.15, -0.1) is 0 Å². The number of methoxy groups -OCH3 is 1. The summed E-state index contributed by atoms with van der Waals surface area (Å²) in [4.78, 5) is 14.7. The number of benzene rings is 2. The number of carbonyl (C=O) groups is 1. The van der Waals surface area contributed by atoms with E-state index in [-0.39, 0.29) is 29.2 Å². The summed E-state index contributed by atoms with van der Waals surface area (Å²) in [7, 11) is -1.85. The van der Waals surface area contributed by atoms with E-state index in [4.69, 9.17) is 4.74 Å². The molecule has 0 spiro atoms. The Kier molecular flexibility index (Phi) is 8.93. The number of sulfonamides is 1. The van der Waals surface area contributed by atoms with Crippen molar-refractivity contribution in [2.75, 3.05) is 50.5 Å². The van der Waals surface area contributed by atoms with Gasteiger partial charge in [0.1, 0.15) is 5.75 Å². The Balaban J connectivity index is 1.45. The average molecular weight is 500 g/mol. The first-order chi connectivity index (χ1) is 15.8. The van der Waals surface area contributed by atoms with Crippen molar-refractivity contribution in [1.82, 2.24) is 9.62 Å². The SMILES string of the molecule is COc1ccc(N2CCN(S(=O)(=O)CCCNC(=O)c3ccccc3SC(F)F)CC2)cc1. The first-order valence-electron chi connectivity index (χ1n) is 10.5. The van der Waals surface area contributed by atoms with Crippen LogP contribution in [-0.2, 0) is 10.0 Å². The Morgan fingerprint density at radius 3 is 2.39 bits per heavy atom. The Bertz CT molecular complexity index is 1030. The molecule has 0 unspecified atom stereocenters. The number of hydrogen-bond donors (Lipinski definition) is 1. The lowest BCUT2D eigenvalue weighted by molar-refractivity contribution is 0.0950. The molecule has 1 aliphatic heterocycles. The molecular weight excluding hydrogens is 472 g/mol. The van der Waals surface area contributed by atoms with E-state index < -0.39 is 21.7 Å². The Morgan fingerprint density at radius 2 is 1.76 bits per heavy atom. The van der Waals surface area contributed by atoms with Gasteiger partial charge in [-0.05, 0) is 42.8 Å². The molecule has 3 rings (SSSR count). The van der Waals surface area contributed by atoms with Gasteiger partial charge in [-0.25, -0.2) is 8.42 Å². The molecule has 0 bridgehead atoms. The molecule has 1 N–H and O–H groups in total. The van der Waals surface area contributed by atoms with Gasteiger partial charge in [0.2, 0.25) is 10.0 Å². The fourth-order valence-electron chi connectivity index (χ4n) is 3.55. The Morgan fingerprint density at radius 1 is 1.09 bits per heavy atom. The molecule has 2 aromatic rings. The maximum absolute atomic E-state index is 12.7. The van der Waals surface area contributed by atoms with Gasteiger partial charge in [-0.3, -0.25) is 4.79 Å². The number of thioether (sulfide) groups is 1. The van der Waals surface area contributed by atoms with Gasteiger partial charge < -0.3 is 15.0 Å². The van der Waals surface area contributed by atoms with E-state index >= 15 is 0 Å². The first-order valence-corrected chi connectivity index (χ1v) is 13.0. The summed E-state index contributed by atoms with van der Waals surface area (Å²) in [5, 5.41) is 2.63. The molecule has 1 fully saturated rings. The van der Waals surface area contributed by atoms with Crippen molar-refractivity contribution in [3.05, 3.63) is 54.1 Å². The van der Waals surface area contributed by atoms with E-state index in [1.54, 1.807) is 19.2 Å². The van der Waals surface area contributed by atoms with E-state index in [1.807, 2.05) is 24.3 Å². The minimum Gasteiger partial charge on any atom is -0.497 e. The van der Waals surface area contributed by atoms with E-state index in [0.717, 1.165) is 11.4 Å². The highest BCUT2D eigenvalue weighted by atomic mass is 32.2. The number of alkyl halides is 2. The van der Waals surface area contributed by atoms with Crippen molar-refractivity contribution >= 4 is 33.4 Å². The van der Waals surface area contributed by atoms with Crippen LogP contribution in [0.25, 0.3) is 0 Å². The quantitative estimate of drug-likeness (QED) is 0.399. The molecule has 180 valence electrons. The summed E-state index contributed by atoms with van der Waals surface area (Å²) in [6, 6.07) is 13.8. The fraction of sp³-hybridized carbons (Fsp3) is 0.409. The second-order valence-corrected chi connectivity index (χ2v) is 10.5. The average Bonchev–Trinajstić information content (AvgIpc) is 2.82. The molecule has 0 radical (unpaired) electrons. The normalized spacial score (nSPS) is 15.0. The van der Waals surface area contributed by atoms with Crippen LogP contribution in [0.3, 0.4) is 0 Å². The zero-order valence-corrected chi connectivity index (χ0v) is 19.9. The molecule has 1 heterocycles. The molecule has 0 saturated carbocycles. The molecular formula is C22H27F2N3O4S2. The van der Waals surface area contributed by atoms with Crippen LogP contribution in [0.4, 0.5) is 14.5 Å². The van der Waals surface area contributed by atoms with Crippen molar-refractivity contribution in [2.45, 2.75) is 17.1 Å². The van der Waals surface area contributed by atoms with Gasteiger partial charge in [-0.2, -0.15) is 13.1 Å². The number of amides is 1. The largest absolute Gasteiger partial charge is 0.497 e. The molecule has 2 aromatic carbocycles. The van der Waals surface area contributed by atoms with Crippen LogP contribution >= 0.6 is 11.8 Å². The van der Waals surface area contributed by atoms with Crippen LogP contribution in [-0.4, -0.2) is 70.0 Å². The smallest absolute Gasteiger partial charge is 0.288 e. The number of hydrogen-bond acceptors (Lipinski definition) is 6. The predicted molar refractivity (Wildman–Crippen MR) is 126 cm³/mol. The standard InChI is InChI=1S/C22H27F2N3O4S2/c1-31-18-9-7-17(8-10-18)26-12-14-27(15-13-26)33(29,30)16-4-11-25-21(28)19-5-2-3-6-20(19)32-22(23)24/h2-3,5-10,22H,4,11-16H2,1H3,(H,25,28). The van der Waals surface area contributed by atoms with Gasteiger partial charge in [0.05, 0.1) is 18.4 Å². The summed E-state index contributed by atoms with van der Waals surface area (Å²) in [6.07, 6.45) is 0.233. The first kappa shape index (κ1) is 25.3. The molecule has 33 heavy (non-hydrogen) atoms. The number of halogens is 2. The minimum absolute atomic E-state index is 0.0940. The van der Waals surface area contributed by atoms with E-state index in [9.17, 15) is 22.0 Å². The molecule has 0 aromatic heterocycles.